The SMILES string of the molecule is Cc1cc(-c2c3ccccc3c(-c3cc4c5ccccc5c5ccccc5c4c4ccccc34)c3ccccc23)ccc1-c1ccc2ccccc2c1C. The van der Waals surface area contributed by atoms with E-state index in [0.29, 0.717) is 0 Å². The van der Waals surface area contributed by atoms with Crippen LogP contribution in [0.5, 0.6) is 0 Å². The predicted molar refractivity (Wildman–Crippen MR) is 235 cm³/mol. The summed E-state index contributed by atoms with van der Waals surface area (Å²) in [7, 11) is 0. The van der Waals surface area contributed by atoms with Gasteiger partial charge in [0.1, 0.15) is 0 Å². The lowest BCUT2D eigenvalue weighted by Crippen LogP contribution is -1.94. The summed E-state index contributed by atoms with van der Waals surface area (Å²) in [4.78, 5) is 0. The lowest BCUT2D eigenvalue weighted by Gasteiger charge is -2.21. The Kier molecular flexibility index (Phi) is 6.78. The molecule has 0 unspecified atom stereocenters. The van der Waals surface area contributed by atoms with E-state index in [1.54, 1.807) is 0 Å². The second-order valence-electron chi connectivity index (χ2n) is 14.8. The Bertz CT molecular complexity index is 3290. The van der Waals surface area contributed by atoms with Crippen molar-refractivity contribution in [2.75, 3.05) is 0 Å². The van der Waals surface area contributed by atoms with E-state index in [1.165, 1.54) is 120 Å². The van der Waals surface area contributed by atoms with Gasteiger partial charge in [0.15, 0.2) is 0 Å². The Morgan fingerprint density at radius 1 is 0.278 bits per heavy atom. The summed E-state index contributed by atoms with van der Waals surface area (Å²) in [5, 5.41) is 18.1. The van der Waals surface area contributed by atoms with Gasteiger partial charge in [-0.3, -0.25) is 0 Å². The molecule has 252 valence electrons. The highest BCUT2D eigenvalue weighted by Gasteiger charge is 2.21. The standard InChI is InChI=1S/C54H36/c1-33-31-36(28-29-37(33)39-30-27-35-15-3-4-16-38(35)34(39)2)52-46-23-11-13-25-48(46)54(49-26-14-12-24-47(49)52)51-32-50-42-19-6-5-17-40(42)41-18-7-9-21-44(41)53(50)45-22-10-8-20-43(45)51/h3-32H,1-2H3. The maximum absolute atomic E-state index is 2.49. The van der Waals surface area contributed by atoms with Gasteiger partial charge < -0.3 is 0 Å². The van der Waals surface area contributed by atoms with E-state index >= 15 is 0 Å². The summed E-state index contributed by atoms with van der Waals surface area (Å²) in [6, 6.07) is 67.8. The molecule has 0 radical (unpaired) electrons. The lowest BCUT2D eigenvalue weighted by molar-refractivity contribution is 1.43. The van der Waals surface area contributed by atoms with Gasteiger partial charge >= 0.3 is 0 Å². The van der Waals surface area contributed by atoms with Gasteiger partial charge in [-0.2, -0.15) is 0 Å². The van der Waals surface area contributed by atoms with Gasteiger partial charge in [-0.05, 0) is 140 Å². The Morgan fingerprint density at radius 3 is 1.33 bits per heavy atom. The summed E-state index contributed by atoms with van der Waals surface area (Å²) in [5.74, 6) is 0. The fourth-order valence-corrected chi connectivity index (χ4v) is 9.54. The molecule has 11 aromatic carbocycles. The summed E-state index contributed by atoms with van der Waals surface area (Å²) >= 11 is 0. The highest BCUT2D eigenvalue weighted by Crippen LogP contribution is 2.49. The van der Waals surface area contributed by atoms with Crippen LogP contribution in [0.2, 0.25) is 0 Å². The number of benzene rings is 11. The van der Waals surface area contributed by atoms with Crippen molar-refractivity contribution < 1.29 is 0 Å². The molecular weight excluding hydrogens is 649 g/mol. The average molecular weight is 685 g/mol. The topological polar surface area (TPSA) is 0 Å². The van der Waals surface area contributed by atoms with E-state index in [1.807, 2.05) is 0 Å². The van der Waals surface area contributed by atoms with Crippen LogP contribution >= 0.6 is 0 Å². The predicted octanol–water partition coefficient (Wildman–Crippen LogP) is 15.4. The van der Waals surface area contributed by atoms with Crippen molar-refractivity contribution >= 4 is 75.4 Å². The average Bonchev–Trinajstić information content (AvgIpc) is 3.23. The van der Waals surface area contributed by atoms with Gasteiger partial charge in [0.25, 0.3) is 0 Å². The zero-order valence-electron chi connectivity index (χ0n) is 30.3. The molecule has 0 aromatic heterocycles. The first-order valence-corrected chi connectivity index (χ1v) is 18.9. The van der Waals surface area contributed by atoms with E-state index in [4.69, 9.17) is 0 Å². The third kappa shape index (κ3) is 4.44. The van der Waals surface area contributed by atoms with Crippen molar-refractivity contribution in [3.63, 3.8) is 0 Å². The summed E-state index contributed by atoms with van der Waals surface area (Å²) < 4.78 is 0. The Balaban J connectivity index is 1.21. The van der Waals surface area contributed by atoms with Crippen LogP contribution in [0.3, 0.4) is 0 Å². The molecule has 0 fully saturated rings. The van der Waals surface area contributed by atoms with Crippen LogP contribution in [0, 0.1) is 13.8 Å². The molecule has 0 amide bonds. The zero-order valence-corrected chi connectivity index (χ0v) is 30.3. The smallest absolute Gasteiger partial charge is 0.00199 e. The molecule has 0 saturated carbocycles. The van der Waals surface area contributed by atoms with Crippen LogP contribution in [-0.4, -0.2) is 0 Å². The number of rotatable bonds is 3. The highest BCUT2D eigenvalue weighted by atomic mass is 14.2. The monoisotopic (exact) mass is 684 g/mol. The fraction of sp³-hybridized carbons (Fsp3) is 0.0370. The van der Waals surface area contributed by atoms with Gasteiger partial charge in [0.2, 0.25) is 0 Å². The maximum Gasteiger partial charge on any atom is -0.00199 e. The molecule has 11 rings (SSSR count). The fourth-order valence-electron chi connectivity index (χ4n) is 9.54. The minimum absolute atomic E-state index is 1.24. The van der Waals surface area contributed by atoms with Crippen LogP contribution < -0.4 is 0 Å². The van der Waals surface area contributed by atoms with Crippen LogP contribution in [0.4, 0.5) is 0 Å². The first kappa shape index (κ1) is 30.8. The number of hydrogen-bond acceptors (Lipinski definition) is 0. The van der Waals surface area contributed by atoms with E-state index in [9.17, 15) is 0 Å². The van der Waals surface area contributed by atoms with Crippen molar-refractivity contribution in [2.45, 2.75) is 13.8 Å². The van der Waals surface area contributed by atoms with Crippen LogP contribution in [0.1, 0.15) is 11.1 Å². The molecule has 0 bridgehead atoms. The van der Waals surface area contributed by atoms with Gasteiger partial charge in [-0.25, -0.2) is 0 Å². The van der Waals surface area contributed by atoms with Gasteiger partial charge in [-0.1, -0.05) is 176 Å². The van der Waals surface area contributed by atoms with Crippen molar-refractivity contribution in [2.24, 2.45) is 0 Å². The first-order chi connectivity index (χ1) is 26.7. The molecule has 0 heteroatoms. The molecule has 0 N–H and O–H groups in total. The summed E-state index contributed by atoms with van der Waals surface area (Å²) in [6.07, 6.45) is 0. The maximum atomic E-state index is 2.49. The number of hydrogen-bond donors (Lipinski definition) is 0. The molecule has 0 aliphatic carbocycles. The third-order valence-electron chi connectivity index (χ3n) is 12.0. The van der Waals surface area contributed by atoms with Gasteiger partial charge in [-0.15, -0.1) is 0 Å². The summed E-state index contributed by atoms with van der Waals surface area (Å²) in [6.45, 7) is 4.52. The molecule has 0 nitrogen and oxygen atoms in total. The quantitative estimate of drug-likeness (QED) is 0.128. The molecule has 0 aliphatic rings. The van der Waals surface area contributed by atoms with Crippen molar-refractivity contribution in [1.82, 2.24) is 0 Å². The zero-order chi connectivity index (χ0) is 35.9. The third-order valence-corrected chi connectivity index (χ3v) is 12.0. The Morgan fingerprint density at radius 2 is 0.722 bits per heavy atom. The second kappa shape index (κ2) is 11.9. The molecule has 0 aliphatic heterocycles. The van der Waals surface area contributed by atoms with Crippen molar-refractivity contribution in [3.8, 4) is 33.4 Å². The molecule has 0 saturated heterocycles. The molecule has 0 spiro atoms. The van der Waals surface area contributed by atoms with Crippen molar-refractivity contribution in [1.29, 1.82) is 0 Å². The highest BCUT2D eigenvalue weighted by molar-refractivity contribution is 6.34. The Labute approximate surface area is 314 Å². The second-order valence-corrected chi connectivity index (χ2v) is 14.8. The van der Waals surface area contributed by atoms with Gasteiger partial charge in [0, 0.05) is 0 Å². The Hall–Kier alpha value is -6.76. The normalized spacial score (nSPS) is 11.9. The van der Waals surface area contributed by atoms with Gasteiger partial charge in [0.05, 0.1) is 0 Å². The molecule has 0 atom stereocenters. The lowest BCUT2D eigenvalue weighted by atomic mass is 9.82. The van der Waals surface area contributed by atoms with Crippen LogP contribution in [0.15, 0.2) is 182 Å². The van der Waals surface area contributed by atoms with Crippen molar-refractivity contribution in [3.05, 3.63) is 193 Å². The number of fused-ring (bicyclic) bond motifs is 11. The molecular formula is C54H36. The molecule has 54 heavy (non-hydrogen) atoms. The summed E-state index contributed by atoms with van der Waals surface area (Å²) in [5.41, 5.74) is 10.3. The number of aryl methyl sites for hydroxylation is 2. The first-order valence-electron chi connectivity index (χ1n) is 18.9. The minimum Gasteiger partial charge on any atom is -0.0616 e. The van der Waals surface area contributed by atoms with Crippen LogP contribution in [0.25, 0.3) is 109 Å². The van der Waals surface area contributed by atoms with Crippen LogP contribution in [-0.2, 0) is 0 Å². The van der Waals surface area contributed by atoms with E-state index in [-0.39, 0.29) is 0 Å². The largest absolute Gasteiger partial charge is 0.0616 e. The minimum atomic E-state index is 1.24. The molecule has 11 aromatic rings. The molecule has 0 heterocycles. The van der Waals surface area contributed by atoms with E-state index < -0.39 is 0 Å². The van der Waals surface area contributed by atoms with E-state index in [2.05, 4.69) is 196 Å². The van der Waals surface area contributed by atoms with E-state index in [0.717, 1.165) is 0 Å².